The van der Waals surface area contributed by atoms with Crippen molar-refractivity contribution >= 4 is 11.5 Å². The topological polar surface area (TPSA) is 24.4 Å². The number of fused-ring (bicyclic) bond motifs is 2. The van der Waals surface area contributed by atoms with Gasteiger partial charge in [-0.05, 0) is 73.4 Å². The van der Waals surface area contributed by atoms with Gasteiger partial charge in [0.2, 0.25) is 0 Å². The van der Waals surface area contributed by atoms with Crippen LogP contribution in [0.15, 0.2) is 47.0 Å². The van der Waals surface area contributed by atoms with Gasteiger partial charge in [-0.25, -0.2) is 0 Å². The first-order valence-electron chi connectivity index (χ1n) is 9.31. The smallest absolute Gasteiger partial charge is 0.100 e. The zero-order valence-corrected chi connectivity index (χ0v) is 15.6. The molecule has 2 aromatic carbocycles. The van der Waals surface area contributed by atoms with Crippen molar-refractivity contribution in [2.75, 3.05) is 0 Å². The Morgan fingerprint density at radius 2 is 1.88 bits per heavy atom. The van der Waals surface area contributed by atoms with Crippen LogP contribution in [-0.4, -0.2) is 5.84 Å². The fourth-order valence-electron chi connectivity index (χ4n) is 4.17. The largest absolute Gasteiger partial charge is 0.344 e. The molecule has 0 fully saturated rings. The molecule has 0 aromatic heterocycles. The number of nitrogens with one attached hydrogen (secondary N) is 1. The minimum Gasteiger partial charge on any atom is -0.344 e. The Balaban J connectivity index is 1.85. The number of hydrogen-bond donors (Lipinski definition) is 1. The second-order valence-corrected chi connectivity index (χ2v) is 7.28. The summed E-state index contributed by atoms with van der Waals surface area (Å²) in [6.07, 6.45) is 3.30. The lowest BCUT2D eigenvalue weighted by Crippen LogP contribution is -2.30. The van der Waals surface area contributed by atoms with Crippen molar-refractivity contribution in [1.29, 1.82) is 0 Å². The standard InChI is InChI=1S/C23H26N2/c1-5-17-7-6-8-20-19(17)11-12-21-22(24-16(4)25-23(20)21)18-10-9-14(2)15(3)13-18/h6-10,13,22H,5,11-12H2,1-4H3,(H,24,25). The normalized spacial score (nSPS) is 19.0. The molecule has 0 saturated heterocycles. The number of amidine groups is 1. The lowest BCUT2D eigenvalue weighted by molar-refractivity contribution is 0.731. The van der Waals surface area contributed by atoms with E-state index in [2.05, 4.69) is 69.4 Å². The molecule has 25 heavy (non-hydrogen) atoms. The van der Waals surface area contributed by atoms with E-state index in [4.69, 9.17) is 4.99 Å². The maximum absolute atomic E-state index is 4.97. The van der Waals surface area contributed by atoms with Gasteiger partial charge in [-0.15, -0.1) is 0 Å². The lowest BCUT2D eigenvalue weighted by atomic mass is 9.80. The van der Waals surface area contributed by atoms with E-state index < -0.39 is 0 Å². The molecule has 128 valence electrons. The van der Waals surface area contributed by atoms with Crippen molar-refractivity contribution in [3.63, 3.8) is 0 Å². The van der Waals surface area contributed by atoms with Gasteiger partial charge in [-0.3, -0.25) is 4.99 Å². The molecule has 0 amide bonds. The van der Waals surface area contributed by atoms with Crippen LogP contribution < -0.4 is 5.32 Å². The molecular weight excluding hydrogens is 304 g/mol. The third-order valence-electron chi connectivity index (χ3n) is 5.69. The molecule has 1 N–H and O–H groups in total. The number of nitrogens with zero attached hydrogens (tertiary/aromatic N) is 1. The quantitative estimate of drug-likeness (QED) is 0.795. The van der Waals surface area contributed by atoms with Crippen molar-refractivity contribution in [3.05, 3.63) is 75.4 Å². The van der Waals surface area contributed by atoms with Crippen molar-refractivity contribution in [3.8, 4) is 0 Å². The SMILES string of the molecule is CCc1cccc2c1CCC1=C2NC(C)=NC1c1ccc(C)c(C)c1. The lowest BCUT2D eigenvalue weighted by Gasteiger charge is -2.33. The Labute approximate surface area is 150 Å². The van der Waals surface area contributed by atoms with Crippen LogP contribution in [0.1, 0.15) is 59.7 Å². The summed E-state index contributed by atoms with van der Waals surface area (Å²) in [4.78, 5) is 4.97. The first-order chi connectivity index (χ1) is 12.1. The average Bonchev–Trinajstić information content (AvgIpc) is 2.62. The maximum atomic E-state index is 4.97. The number of rotatable bonds is 2. The minimum absolute atomic E-state index is 0.147. The Hall–Kier alpha value is -2.35. The molecule has 2 heteroatoms. The highest BCUT2D eigenvalue weighted by Gasteiger charge is 2.30. The van der Waals surface area contributed by atoms with Crippen molar-refractivity contribution in [2.45, 2.75) is 53.0 Å². The fourth-order valence-corrected chi connectivity index (χ4v) is 4.17. The molecule has 0 saturated carbocycles. The molecule has 0 spiro atoms. The Kier molecular flexibility index (Phi) is 3.99. The molecule has 4 rings (SSSR count). The Morgan fingerprint density at radius 3 is 2.64 bits per heavy atom. The zero-order chi connectivity index (χ0) is 17.6. The summed E-state index contributed by atoms with van der Waals surface area (Å²) < 4.78 is 0. The van der Waals surface area contributed by atoms with Gasteiger partial charge in [0, 0.05) is 11.3 Å². The van der Waals surface area contributed by atoms with Crippen LogP contribution in [0.5, 0.6) is 0 Å². The van der Waals surface area contributed by atoms with Gasteiger partial charge in [-0.2, -0.15) is 0 Å². The molecule has 0 radical (unpaired) electrons. The molecule has 2 aromatic rings. The van der Waals surface area contributed by atoms with Crippen molar-refractivity contribution < 1.29 is 0 Å². The molecule has 1 atom stereocenters. The number of aryl methyl sites for hydroxylation is 3. The van der Waals surface area contributed by atoms with E-state index in [9.17, 15) is 0 Å². The molecule has 2 nitrogen and oxygen atoms in total. The summed E-state index contributed by atoms with van der Waals surface area (Å²) >= 11 is 0. The molecule has 0 bridgehead atoms. The molecule has 2 aliphatic rings. The second-order valence-electron chi connectivity index (χ2n) is 7.28. The molecule has 1 aliphatic carbocycles. The van der Waals surface area contributed by atoms with E-state index in [1.807, 2.05) is 0 Å². The highest BCUT2D eigenvalue weighted by Crippen LogP contribution is 2.41. The van der Waals surface area contributed by atoms with E-state index in [-0.39, 0.29) is 6.04 Å². The molecular formula is C23H26N2. The van der Waals surface area contributed by atoms with E-state index >= 15 is 0 Å². The van der Waals surface area contributed by atoms with Gasteiger partial charge in [-0.1, -0.05) is 43.3 Å². The second kappa shape index (κ2) is 6.18. The zero-order valence-electron chi connectivity index (χ0n) is 15.6. The van der Waals surface area contributed by atoms with Crippen LogP contribution in [0.25, 0.3) is 5.70 Å². The summed E-state index contributed by atoms with van der Waals surface area (Å²) in [6.45, 7) is 8.69. The molecule has 1 heterocycles. The highest BCUT2D eigenvalue weighted by atomic mass is 15.0. The fraction of sp³-hybridized carbons (Fsp3) is 0.348. The monoisotopic (exact) mass is 330 g/mol. The third-order valence-corrected chi connectivity index (χ3v) is 5.69. The Morgan fingerprint density at radius 1 is 1.04 bits per heavy atom. The highest BCUT2D eigenvalue weighted by molar-refractivity contribution is 5.93. The van der Waals surface area contributed by atoms with Gasteiger partial charge in [0.05, 0.1) is 5.84 Å². The number of benzene rings is 2. The van der Waals surface area contributed by atoms with Crippen LogP contribution in [-0.2, 0) is 12.8 Å². The average molecular weight is 330 g/mol. The predicted molar refractivity (Wildman–Crippen MR) is 106 cm³/mol. The van der Waals surface area contributed by atoms with Gasteiger partial charge >= 0.3 is 0 Å². The Bertz CT molecular complexity index is 902. The summed E-state index contributed by atoms with van der Waals surface area (Å²) in [5.41, 5.74) is 11.1. The van der Waals surface area contributed by atoms with Gasteiger partial charge in [0.1, 0.15) is 6.04 Å². The summed E-state index contributed by atoms with van der Waals surface area (Å²) in [5, 5.41) is 3.58. The van der Waals surface area contributed by atoms with Crippen molar-refractivity contribution in [2.24, 2.45) is 4.99 Å². The summed E-state index contributed by atoms with van der Waals surface area (Å²) in [7, 11) is 0. The van der Waals surface area contributed by atoms with Gasteiger partial charge in [0.25, 0.3) is 0 Å². The van der Waals surface area contributed by atoms with E-state index in [0.29, 0.717) is 0 Å². The third kappa shape index (κ3) is 2.70. The number of aliphatic imine (C=N–C) groups is 1. The summed E-state index contributed by atoms with van der Waals surface area (Å²) in [6, 6.07) is 13.7. The van der Waals surface area contributed by atoms with Crippen LogP contribution in [0, 0.1) is 13.8 Å². The van der Waals surface area contributed by atoms with Crippen LogP contribution in [0.4, 0.5) is 0 Å². The van der Waals surface area contributed by atoms with Crippen LogP contribution in [0.2, 0.25) is 0 Å². The minimum atomic E-state index is 0.147. The maximum Gasteiger partial charge on any atom is 0.100 e. The molecule has 1 unspecified atom stereocenters. The van der Waals surface area contributed by atoms with Gasteiger partial charge < -0.3 is 5.32 Å². The van der Waals surface area contributed by atoms with E-state index in [0.717, 1.165) is 25.1 Å². The number of hydrogen-bond acceptors (Lipinski definition) is 2. The van der Waals surface area contributed by atoms with E-state index in [1.54, 1.807) is 0 Å². The van der Waals surface area contributed by atoms with Gasteiger partial charge in [0.15, 0.2) is 0 Å². The first kappa shape index (κ1) is 16.1. The van der Waals surface area contributed by atoms with Crippen LogP contribution in [0.3, 0.4) is 0 Å². The predicted octanol–water partition coefficient (Wildman–Crippen LogP) is 5.29. The van der Waals surface area contributed by atoms with Crippen LogP contribution >= 0.6 is 0 Å². The summed E-state index contributed by atoms with van der Waals surface area (Å²) in [5.74, 6) is 1.01. The van der Waals surface area contributed by atoms with Crippen molar-refractivity contribution in [1.82, 2.24) is 5.32 Å². The van der Waals surface area contributed by atoms with E-state index in [1.165, 1.54) is 44.7 Å². The molecule has 1 aliphatic heterocycles. The first-order valence-corrected chi connectivity index (χ1v) is 9.31.